The molecule has 2 aromatic carbocycles. The summed E-state index contributed by atoms with van der Waals surface area (Å²) in [5.41, 5.74) is -0.292. The van der Waals surface area contributed by atoms with Crippen LogP contribution in [0.1, 0.15) is 6.42 Å². The van der Waals surface area contributed by atoms with E-state index in [1.807, 2.05) is 0 Å². The average Bonchev–Trinajstić information content (AvgIpc) is 3.16. The molecule has 1 saturated heterocycles. The summed E-state index contributed by atoms with van der Waals surface area (Å²) in [5, 5.41) is 5.01. The van der Waals surface area contributed by atoms with E-state index in [0.717, 1.165) is 11.2 Å². The van der Waals surface area contributed by atoms with Crippen LogP contribution in [0.4, 0.5) is 30.8 Å². The first-order valence-corrected chi connectivity index (χ1v) is 12.7. The minimum atomic E-state index is -3.67. The molecule has 188 valence electrons. The van der Waals surface area contributed by atoms with E-state index in [9.17, 15) is 18.0 Å². The van der Waals surface area contributed by atoms with E-state index in [-0.39, 0.29) is 46.4 Å². The Morgan fingerprint density at radius 1 is 1.08 bits per heavy atom. The number of nitrogens with zero attached hydrogens (tertiary/aromatic N) is 3. The number of urea groups is 1. The van der Waals surface area contributed by atoms with Gasteiger partial charge in [0.1, 0.15) is 11.2 Å². The molecule has 0 unspecified atom stereocenters. The quantitative estimate of drug-likeness (QED) is 0.442. The number of amides is 3. The number of hydrogen-bond donors (Lipinski definition) is 3. The molecule has 0 saturated carbocycles. The van der Waals surface area contributed by atoms with Crippen LogP contribution in [-0.4, -0.2) is 49.2 Å². The van der Waals surface area contributed by atoms with Gasteiger partial charge in [0.15, 0.2) is 17.5 Å². The van der Waals surface area contributed by atoms with Crippen LogP contribution in [0.15, 0.2) is 48.8 Å². The molecule has 0 aliphatic carbocycles. The first kappa shape index (κ1) is 25.3. The Balaban J connectivity index is 1.52. The van der Waals surface area contributed by atoms with Gasteiger partial charge in [0.05, 0.1) is 30.0 Å². The largest absolute Gasteiger partial charge is 0.326 e. The van der Waals surface area contributed by atoms with Gasteiger partial charge in [-0.2, -0.15) is 0 Å². The fourth-order valence-corrected chi connectivity index (χ4v) is 4.38. The normalized spacial score (nSPS) is 15.6. The van der Waals surface area contributed by atoms with Gasteiger partial charge in [-0.3, -0.25) is 14.8 Å². The molecule has 14 heteroatoms. The molecule has 10 nitrogen and oxygen atoms in total. The molecule has 2 heterocycles. The lowest BCUT2D eigenvalue weighted by Gasteiger charge is -2.20. The van der Waals surface area contributed by atoms with Crippen molar-refractivity contribution in [1.82, 2.24) is 15.3 Å². The van der Waals surface area contributed by atoms with Gasteiger partial charge in [-0.25, -0.2) is 32.0 Å². The lowest BCUT2D eigenvalue weighted by atomic mass is 10.0. The van der Waals surface area contributed by atoms with E-state index in [4.69, 9.17) is 11.6 Å². The Bertz CT molecular complexity index is 1440. The fourth-order valence-electron chi connectivity index (χ4n) is 3.70. The van der Waals surface area contributed by atoms with Crippen LogP contribution in [0.2, 0.25) is 5.15 Å². The third-order valence-corrected chi connectivity index (χ3v) is 6.02. The van der Waals surface area contributed by atoms with Gasteiger partial charge in [-0.1, -0.05) is 29.8 Å². The predicted molar refractivity (Wildman–Crippen MR) is 130 cm³/mol. The zero-order chi connectivity index (χ0) is 26.0. The molecule has 3 N–H and O–H groups in total. The van der Waals surface area contributed by atoms with Crippen LogP contribution in [0, 0.1) is 11.6 Å². The van der Waals surface area contributed by atoms with Crippen molar-refractivity contribution in [3.05, 3.63) is 65.6 Å². The van der Waals surface area contributed by atoms with Crippen LogP contribution in [0.5, 0.6) is 0 Å². The zero-order valence-electron chi connectivity index (χ0n) is 18.6. The summed E-state index contributed by atoms with van der Waals surface area (Å²) < 4.78 is 55.8. The Hall–Kier alpha value is -3.84. The summed E-state index contributed by atoms with van der Waals surface area (Å²) in [5.74, 6) is -3.05. The minimum absolute atomic E-state index is 0.0342. The summed E-state index contributed by atoms with van der Waals surface area (Å²) in [6.45, 7) is 0.0342. The lowest BCUT2D eigenvalue weighted by Crippen LogP contribution is -2.43. The van der Waals surface area contributed by atoms with E-state index in [1.54, 1.807) is 12.1 Å². The van der Waals surface area contributed by atoms with E-state index >= 15 is 8.78 Å². The molecule has 36 heavy (non-hydrogen) atoms. The number of benzene rings is 2. The number of para-hydroxylation sites is 1. The number of carbonyl (C=O) groups excluding carboxylic acids is 2. The Kier molecular flexibility index (Phi) is 7.04. The maximum Gasteiger partial charge on any atom is 0.321 e. The van der Waals surface area contributed by atoms with Crippen molar-refractivity contribution in [3.63, 3.8) is 0 Å². The number of rotatable bonds is 6. The van der Waals surface area contributed by atoms with E-state index in [0.29, 0.717) is 0 Å². The maximum atomic E-state index is 15.1. The highest BCUT2D eigenvalue weighted by atomic mass is 35.5. The van der Waals surface area contributed by atoms with Gasteiger partial charge in [0.2, 0.25) is 15.9 Å². The fraction of sp³-hybridized carbons (Fsp3) is 0.182. The average molecular weight is 537 g/mol. The standard InChI is InChI=1S/C22H19ClF2N6O4S/c1-36(34,35)30-14-5-3-2-4-12(14)13-6-7-16(20(25)19(13)24)31-9-8-15(21(31)32)28-22(33)29-18-11-26-17(23)10-27-18/h2-7,10-11,15,30H,8-9H2,1H3,(H2,27,28,29,33)/t15-/m1/s1. The molecule has 0 bridgehead atoms. The van der Waals surface area contributed by atoms with E-state index < -0.39 is 39.6 Å². The van der Waals surface area contributed by atoms with Crippen molar-refractivity contribution in [2.24, 2.45) is 0 Å². The van der Waals surface area contributed by atoms with Crippen molar-refractivity contribution in [2.45, 2.75) is 12.5 Å². The highest BCUT2D eigenvalue weighted by Crippen LogP contribution is 2.35. The first-order chi connectivity index (χ1) is 17.0. The number of halogens is 3. The summed E-state index contributed by atoms with van der Waals surface area (Å²) in [7, 11) is -3.67. The smallest absolute Gasteiger partial charge is 0.321 e. The number of aromatic nitrogens is 2. The SMILES string of the molecule is CS(=O)(=O)Nc1ccccc1-c1ccc(N2CC[C@@H](NC(=O)Nc3cnc(Cl)cn3)C2=O)c(F)c1F. The van der Waals surface area contributed by atoms with Gasteiger partial charge in [-0.05, 0) is 24.6 Å². The van der Waals surface area contributed by atoms with Gasteiger partial charge in [0, 0.05) is 17.7 Å². The van der Waals surface area contributed by atoms with Crippen molar-refractivity contribution in [3.8, 4) is 11.1 Å². The summed E-state index contributed by atoms with van der Waals surface area (Å²) in [6, 6.07) is 6.74. The Labute approximate surface area is 209 Å². The third-order valence-electron chi connectivity index (χ3n) is 5.24. The van der Waals surface area contributed by atoms with Crippen LogP contribution < -0.4 is 20.3 Å². The topological polar surface area (TPSA) is 133 Å². The molecule has 0 radical (unpaired) electrons. The second kappa shape index (κ2) is 10.0. The lowest BCUT2D eigenvalue weighted by molar-refractivity contribution is -0.118. The molecule has 4 rings (SSSR count). The van der Waals surface area contributed by atoms with Crippen molar-refractivity contribution in [2.75, 3.05) is 27.7 Å². The van der Waals surface area contributed by atoms with Crippen LogP contribution >= 0.6 is 11.6 Å². The Morgan fingerprint density at radius 2 is 1.83 bits per heavy atom. The molecule has 1 aliphatic rings. The number of anilines is 3. The number of sulfonamides is 1. The van der Waals surface area contributed by atoms with Gasteiger partial charge in [0.25, 0.3) is 0 Å². The molecule has 3 aromatic rings. The van der Waals surface area contributed by atoms with Crippen LogP contribution in [-0.2, 0) is 14.8 Å². The van der Waals surface area contributed by atoms with Gasteiger partial charge < -0.3 is 10.2 Å². The van der Waals surface area contributed by atoms with Crippen molar-refractivity contribution < 1.29 is 26.8 Å². The number of nitrogens with one attached hydrogen (secondary N) is 3. The molecule has 0 spiro atoms. The first-order valence-electron chi connectivity index (χ1n) is 10.4. The third kappa shape index (κ3) is 5.52. The summed E-state index contributed by atoms with van der Waals surface area (Å²) in [6.07, 6.45) is 3.56. The molecule has 1 fully saturated rings. The minimum Gasteiger partial charge on any atom is -0.326 e. The molecule has 3 amide bonds. The van der Waals surface area contributed by atoms with Crippen LogP contribution in [0.25, 0.3) is 11.1 Å². The molecule has 1 aromatic heterocycles. The highest BCUT2D eigenvalue weighted by molar-refractivity contribution is 7.92. The van der Waals surface area contributed by atoms with Gasteiger partial charge >= 0.3 is 6.03 Å². The summed E-state index contributed by atoms with van der Waals surface area (Å²) in [4.78, 5) is 33.7. The van der Waals surface area contributed by atoms with Crippen LogP contribution in [0.3, 0.4) is 0 Å². The molecular formula is C22H19ClF2N6O4S. The zero-order valence-corrected chi connectivity index (χ0v) is 20.2. The molecule has 1 atom stereocenters. The summed E-state index contributed by atoms with van der Waals surface area (Å²) >= 11 is 5.64. The van der Waals surface area contributed by atoms with E-state index in [1.165, 1.54) is 36.7 Å². The predicted octanol–water partition coefficient (Wildman–Crippen LogP) is 3.37. The number of carbonyl (C=O) groups is 2. The highest BCUT2D eigenvalue weighted by Gasteiger charge is 2.36. The Morgan fingerprint density at radius 3 is 2.53 bits per heavy atom. The van der Waals surface area contributed by atoms with Crippen molar-refractivity contribution in [1.29, 1.82) is 0 Å². The molecular weight excluding hydrogens is 518 g/mol. The van der Waals surface area contributed by atoms with E-state index in [2.05, 4.69) is 25.3 Å². The van der Waals surface area contributed by atoms with Gasteiger partial charge in [-0.15, -0.1) is 0 Å². The number of hydrogen-bond acceptors (Lipinski definition) is 6. The second-order valence-electron chi connectivity index (χ2n) is 7.83. The monoisotopic (exact) mass is 536 g/mol. The second-order valence-corrected chi connectivity index (χ2v) is 9.97. The van der Waals surface area contributed by atoms with Crippen molar-refractivity contribution >= 4 is 50.8 Å². The maximum absolute atomic E-state index is 15.1. The molecule has 1 aliphatic heterocycles.